The number of amides is 1. The maximum atomic E-state index is 13.6. The van der Waals surface area contributed by atoms with Crippen LogP contribution in [0.15, 0.2) is 12.1 Å². The van der Waals surface area contributed by atoms with E-state index in [0.717, 1.165) is 11.1 Å². The molecule has 0 bridgehead atoms. The lowest BCUT2D eigenvalue weighted by Gasteiger charge is -2.17. The summed E-state index contributed by atoms with van der Waals surface area (Å²) < 4.78 is 13.6. The molecule has 2 rings (SSSR count). The smallest absolute Gasteiger partial charge is 0.231 e. The number of halogens is 1. The van der Waals surface area contributed by atoms with Gasteiger partial charge in [0.25, 0.3) is 0 Å². The molecule has 15 heavy (non-hydrogen) atoms. The fourth-order valence-corrected chi connectivity index (χ4v) is 1.96. The molecule has 0 unspecified atom stereocenters. The highest BCUT2D eigenvalue weighted by atomic mass is 19.1. The molecule has 1 aliphatic rings. The Balaban J connectivity index is 2.52. The van der Waals surface area contributed by atoms with E-state index in [9.17, 15) is 9.18 Å². The van der Waals surface area contributed by atoms with E-state index in [2.05, 4.69) is 0 Å². The highest BCUT2D eigenvalue weighted by Gasteiger charge is 2.30. The number of fused-ring (bicyclic) bond motifs is 1. The van der Waals surface area contributed by atoms with Crippen molar-refractivity contribution in [1.29, 1.82) is 0 Å². The van der Waals surface area contributed by atoms with Gasteiger partial charge in [0.05, 0.1) is 12.1 Å². The third kappa shape index (κ3) is 1.51. The normalized spacial score (nSPS) is 14.6. The van der Waals surface area contributed by atoms with Gasteiger partial charge in [-0.3, -0.25) is 4.79 Å². The van der Waals surface area contributed by atoms with Crippen LogP contribution in [-0.4, -0.2) is 19.0 Å². The molecule has 4 heteroatoms. The van der Waals surface area contributed by atoms with Crippen molar-refractivity contribution < 1.29 is 9.18 Å². The van der Waals surface area contributed by atoms with Gasteiger partial charge in [0.2, 0.25) is 5.91 Å². The third-order valence-corrected chi connectivity index (χ3v) is 2.72. The predicted octanol–water partition coefficient (Wildman–Crippen LogP) is 0.982. The van der Waals surface area contributed by atoms with Gasteiger partial charge in [-0.05, 0) is 24.1 Å². The maximum absolute atomic E-state index is 13.6. The number of nitrogens with zero attached hydrogens (tertiary/aromatic N) is 1. The van der Waals surface area contributed by atoms with Crippen LogP contribution in [0.2, 0.25) is 0 Å². The Morgan fingerprint density at radius 2 is 2.27 bits per heavy atom. The largest absolute Gasteiger partial charge is 0.329 e. The number of carbonyl (C=O) groups is 1. The number of anilines is 1. The molecule has 1 amide bonds. The molecule has 0 radical (unpaired) electrons. The minimum absolute atomic E-state index is 0.0661. The van der Waals surface area contributed by atoms with Crippen LogP contribution in [0.5, 0.6) is 0 Å². The molecule has 0 saturated carbocycles. The van der Waals surface area contributed by atoms with Crippen LogP contribution < -0.4 is 10.6 Å². The molecule has 80 valence electrons. The van der Waals surface area contributed by atoms with Crippen molar-refractivity contribution in [2.24, 2.45) is 5.73 Å². The monoisotopic (exact) mass is 208 g/mol. The Morgan fingerprint density at radius 3 is 2.93 bits per heavy atom. The molecule has 1 aromatic rings. The quantitative estimate of drug-likeness (QED) is 0.787. The first-order chi connectivity index (χ1) is 7.15. The van der Waals surface area contributed by atoms with Crippen molar-refractivity contribution in [3.05, 3.63) is 29.1 Å². The second kappa shape index (κ2) is 3.62. The minimum atomic E-state index is -0.338. The minimum Gasteiger partial charge on any atom is -0.329 e. The van der Waals surface area contributed by atoms with Gasteiger partial charge < -0.3 is 10.6 Å². The summed E-state index contributed by atoms with van der Waals surface area (Å²) in [4.78, 5) is 13.1. The first-order valence-corrected chi connectivity index (χ1v) is 4.93. The van der Waals surface area contributed by atoms with Gasteiger partial charge in [0.15, 0.2) is 0 Å². The Morgan fingerprint density at radius 1 is 1.53 bits per heavy atom. The van der Waals surface area contributed by atoms with Gasteiger partial charge in [0.1, 0.15) is 5.82 Å². The number of nitrogens with two attached hydrogens (primary N) is 1. The van der Waals surface area contributed by atoms with Gasteiger partial charge in [-0.2, -0.15) is 0 Å². The Bertz CT molecular complexity index is 417. The van der Waals surface area contributed by atoms with Crippen LogP contribution in [0.4, 0.5) is 10.1 Å². The number of hydrogen-bond acceptors (Lipinski definition) is 2. The first-order valence-electron chi connectivity index (χ1n) is 4.93. The Hall–Kier alpha value is -1.42. The second-order valence-electron chi connectivity index (χ2n) is 3.70. The van der Waals surface area contributed by atoms with E-state index in [0.29, 0.717) is 25.2 Å². The van der Waals surface area contributed by atoms with Crippen molar-refractivity contribution in [2.45, 2.75) is 13.3 Å². The lowest BCUT2D eigenvalue weighted by atomic mass is 10.1. The molecular weight excluding hydrogens is 195 g/mol. The SMILES string of the molecule is Cc1ccc(F)c2c1CC(=O)N2CCN. The van der Waals surface area contributed by atoms with Crippen LogP contribution in [0, 0.1) is 12.7 Å². The molecule has 3 nitrogen and oxygen atoms in total. The summed E-state index contributed by atoms with van der Waals surface area (Å²) in [6, 6.07) is 3.10. The van der Waals surface area contributed by atoms with E-state index >= 15 is 0 Å². The molecule has 0 saturated heterocycles. The summed E-state index contributed by atoms with van der Waals surface area (Å²) in [5, 5.41) is 0. The number of carbonyl (C=O) groups excluding carboxylic acids is 1. The molecule has 0 spiro atoms. The molecule has 2 N–H and O–H groups in total. The van der Waals surface area contributed by atoms with Crippen molar-refractivity contribution in [2.75, 3.05) is 18.0 Å². The van der Waals surface area contributed by atoms with Gasteiger partial charge in [-0.15, -0.1) is 0 Å². The summed E-state index contributed by atoms with van der Waals surface area (Å²) in [7, 11) is 0. The average molecular weight is 208 g/mol. The van der Waals surface area contributed by atoms with Crippen LogP contribution >= 0.6 is 0 Å². The topological polar surface area (TPSA) is 46.3 Å². The Labute approximate surface area is 87.7 Å². The van der Waals surface area contributed by atoms with E-state index in [1.54, 1.807) is 6.07 Å². The molecule has 1 aliphatic heterocycles. The fourth-order valence-electron chi connectivity index (χ4n) is 1.96. The standard InChI is InChI=1S/C11H13FN2O/c1-7-2-3-9(12)11-8(7)6-10(15)14(11)5-4-13/h2-3H,4-6,13H2,1H3. The van der Waals surface area contributed by atoms with Crippen molar-refractivity contribution in [1.82, 2.24) is 0 Å². The van der Waals surface area contributed by atoms with Gasteiger partial charge in [-0.25, -0.2) is 4.39 Å². The van der Waals surface area contributed by atoms with E-state index < -0.39 is 0 Å². The highest BCUT2D eigenvalue weighted by molar-refractivity contribution is 6.02. The van der Waals surface area contributed by atoms with Crippen molar-refractivity contribution >= 4 is 11.6 Å². The van der Waals surface area contributed by atoms with E-state index in [-0.39, 0.29) is 11.7 Å². The summed E-state index contributed by atoms with van der Waals surface area (Å²) in [5.41, 5.74) is 7.58. The number of hydrogen-bond donors (Lipinski definition) is 1. The predicted molar refractivity (Wildman–Crippen MR) is 56.2 cm³/mol. The molecule has 0 fully saturated rings. The van der Waals surface area contributed by atoms with Gasteiger partial charge in [0, 0.05) is 13.1 Å². The summed E-state index contributed by atoms with van der Waals surface area (Å²) in [6.45, 7) is 2.61. The molecule has 0 atom stereocenters. The summed E-state index contributed by atoms with van der Waals surface area (Å²) >= 11 is 0. The lowest BCUT2D eigenvalue weighted by Crippen LogP contribution is -2.32. The highest BCUT2D eigenvalue weighted by Crippen LogP contribution is 2.33. The van der Waals surface area contributed by atoms with Crippen LogP contribution in [0.3, 0.4) is 0 Å². The lowest BCUT2D eigenvalue weighted by molar-refractivity contribution is -0.117. The molecule has 0 aromatic heterocycles. The maximum Gasteiger partial charge on any atom is 0.231 e. The fraction of sp³-hybridized carbons (Fsp3) is 0.364. The third-order valence-electron chi connectivity index (χ3n) is 2.72. The van der Waals surface area contributed by atoms with Crippen LogP contribution in [0.25, 0.3) is 0 Å². The van der Waals surface area contributed by atoms with Crippen molar-refractivity contribution in [3.63, 3.8) is 0 Å². The first kappa shape index (κ1) is 10.1. The zero-order valence-corrected chi connectivity index (χ0v) is 8.59. The average Bonchev–Trinajstić information content (AvgIpc) is 2.53. The van der Waals surface area contributed by atoms with Gasteiger partial charge in [-0.1, -0.05) is 6.07 Å². The zero-order chi connectivity index (χ0) is 11.0. The van der Waals surface area contributed by atoms with E-state index in [1.165, 1.54) is 11.0 Å². The molecular formula is C11H13FN2O. The summed E-state index contributed by atoms with van der Waals surface area (Å²) in [6.07, 6.45) is 0.291. The van der Waals surface area contributed by atoms with Gasteiger partial charge >= 0.3 is 0 Å². The Kier molecular flexibility index (Phi) is 2.44. The zero-order valence-electron chi connectivity index (χ0n) is 8.59. The van der Waals surface area contributed by atoms with Crippen LogP contribution in [0.1, 0.15) is 11.1 Å². The molecule has 1 aromatic carbocycles. The molecule has 0 aliphatic carbocycles. The number of aryl methyl sites for hydroxylation is 1. The molecule has 1 heterocycles. The number of benzene rings is 1. The second-order valence-corrected chi connectivity index (χ2v) is 3.70. The number of rotatable bonds is 2. The van der Waals surface area contributed by atoms with Crippen LogP contribution in [-0.2, 0) is 11.2 Å². The van der Waals surface area contributed by atoms with Crippen molar-refractivity contribution in [3.8, 4) is 0 Å². The van der Waals surface area contributed by atoms with E-state index in [4.69, 9.17) is 5.73 Å². The summed E-state index contributed by atoms with van der Waals surface area (Å²) in [5.74, 6) is -0.404. The van der Waals surface area contributed by atoms with E-state index in [1.807, 2.05) is 6.92 Å².